The number of nitrogens with two attached hydrogens (primary N) is 1. The van der Waals surface area contributed by atoms with Gasteiger partial charge in [0.25, 0.3) is 0 Å². The van der Waals surface area contributed by atoms with Crippen LogP contribution in [-0.2, 0) is 30.8 Å². The molecular weight excluding hydrogens is 556 g/mol. The summed E-state index contributed by atoms with van der Waals surface area (Å²) in [5.74, 6) is -1.10. The van der Waals surface area contributed by atoms with Crippen LogP contribution in [0.2, 0.25) is 0 Å². The molecule has 11 heteroatoms. The second-order valence-corrected chi connectivity index (χ2v) is 13.2. The summed E-state index contributed by atoms with van der Waals surface area (Å²) >= 11 is 0. The highest BCUT2D eigenvalue weighted by molar-refractivity contribution is 7.89. The van der Waals surface area contributed by atoms with Crippen molar-refractivity contribution in [1.29, 1.82) is 0 Å². The van der Waals surface area contributed by atoms with Crippen molar-refractivity contribution >= 4 is 38.5 Å². The molecule has 4 N–H and O–H groups in total. The molecule has 0 unspecified atom stereocenters. The van der Waals surface area contributed by atoms with Crippen LogP contribution >= 0.6 is 0 Å². The first-order chi connectivity index (χ1) is 19.8. The van der Waals surface area contributed by atoms with E-state index in [1.165, 1.54) is 11.0 Å². The lowest BCUT2D eigenvalue weighted by Gasteiger charge is -2.31. The molecule has 3 aromatic rings. The highest BCUT2D eigenvalue weighted by Gasteiger charge is 2.30. The van der Waals surface area contributed by atoms with E-state index in [4.69, 9.17) is 10.5 Å². The van der Waals surface area contributed by atoms with Crippen molar-refractivity contribution in [3.63, 3.8) is 0 Å². The van der Waals surface area contributed by atoms with Crippen LogP contribution in [-0.4, -0.2) is 62.3 Å². The SMILES string of the molecule is CC(C)(C)Oc1ccc(C[C@H](N)C(=O)NC(=O)C2CCN(C(=O)CNS(=O)(=O)c3cccc4ccccc34)CC2)cc1. The summed E-state index contributed by atoms with van der Waals surface area (Å²) in [5, 5.41) is 3.77. The molecule has 3 aromatic carbocycles. The number of hydrogen-bond donors (Lipinski definition) is 3. The topological polar surface area (TPSA) is 148 Å². The van der Waals surface area contributed by atoms with E-state index in [-0.39, 0.29) is 42.5 Å². The smallest absolute Gasteiger partial charge is 0.243 e. The number of amides is 3. The van der Waals surface area contributed by atoms with Gasteiger partial charge in [0.1, 0.15) is 11.4 Å². The summed E-state index contributed by atoms with van der Waals surface area (Å²) in [4.78, 5) is 39.7. The van der Waals surface area contributed by atoms with Crippen LogP contribution in [0, 0.1) is 5.92 Å². The Hall–Kier alpha value is -3.80. The molecule has 0 bridgehead atoms. The first-order valence-electron chi connectivity index (χ1n) is 14.0. The lowest BCUT2D eigenvalue weighted by molar-refractivity contribution is -0.137. The van der Waals surface area contributed by atoms with Gasteiger partial charge in [0.15, 0.2) is 0 Å². The lowest BCUT2D eigenvalue weighted by Crippen LogP contribution is -2.50. The van der Waals surface area contributed by atoms with E-state index in [0.717, 1.165) is 10.9 Å². The van der Waals surface area contributed by atoms with E-state index in [2.05, 4.69) is 10.0 Å². The standard InChI is InChI=1S/C31H38N4O6S/c1-31(2,3)41-24-13-11-21(12-14-24)19-26(32)30(38)34-29(37)23-15-17-35(18-16-23)28(36)20-33-42(39,40)27-10-6-8-22-7-4-5-9-25(22)27/h4-14,23,26,33H,15-20,32H2,1-3H3,(H,34,37,38)/t26-/m0/s1. The molecule has 0 aromatic heterocycles. The van der Waals surface area contributed by atoms with Crippen LogP contribution in [0.15, 0.2) is 71.6 Å². The van der Waals surface area contributed by atoms with E-state index in [1.807, 2.05) is 63.2 Å². The first kappa shape index (κ1) is 31.1. The number of rotatable bonds is 9. The van der Waals surface area contributed by atoms with Crippen molar-refractivity contribution in [1.82, 2.24) is 14.9 Å². The average molecular weight is 595 g/mol. The second kappa shape index (κ2) is 13.0. The van der Waals surface area contributed by atoms with Gasteiger partial charge in [-0.3, -0.25) is 19.7 Å². The first-order valence-corrected chi connectivity index (χ1v) is 15.4. The third-order valence-corrected chi connectivity index (χ3v) is 8.52. The highest BCUT2D eigenvalue weighted by atomic mass is 32.2. The molecule has 1 aliphatic rings. The van der Waals surface area contributed by atoms with Crippen molar-refractivity contribution in [3.05, 3.63) is 72.3 Å². The van der Waals surface area contributed by atoms with E-state index in [0.29, 0.717) is 24.0 Å². The normalized spacial score (nSPS) is 15.3. The lowest BCUT2D eigenvalue weighted by atomic mass is 9.95. The zero-order chi connectivity index (χ0) is 30.5. The predicted octanol–water partition coefficient (Wildman–Crippen LogP) is 2.75. The van der Waals surface area contributed by atoms with Gasteiger partial charge in [0, 0.05) is 24.4 Å². The van der Waals surface area contributed by atoms with Gasteiger partial charge in [-0.15, -0.1) is 0 Å². The summed E-state index contributed by atoms with van der Waals surface area (Å²) in [6, 6.07) is 18.5. The number of carbonyl (C=O) groups excluding carboxylic acids is 3. The number of benzene rings is 3. The quantitative estimate of drug-likeness (QED) is 0.345. The molecule has 1 atom stereocenters. The highest BCUT2D eigenvalue weighted by Crippen LogP contribution is 2.23. The van der Waals surface area contributed by atoms with Crippen LogP contribution in [0.4, 0.5) is 0 Å². The fraction of sp³-hybridized carbons (Fsp3) is 0.387. The number of sulfonamides is 1. The van der Waals surface area contributed by atoms with Crippen molar-refractivity contribution in [2.75, 3.05) is 19.6 Å². The van der Waals surface area contributed by atoms with Gasteiger partial charge >= 0.3 is 0 Å². The van der Waals surface area contributed by atoms with Gasteiger partial charge in [0.2, 0.25) is 27.7 Å². The number of nitrogens with one attached hydrogen (secondary N) is 2. The van der Waals surface area contributed by atoms with Crippen molar-refractivity contribution in [3.8, 4) is 5.75 Å². The molecule has 42 heavy (non-hydrogen) atoms. The number of carbonyl (C=O) groups is 3. The number of piperidine rings is 1. The zero-order valence-corrected chi connectivity index (χ0v) is 24.9. The van der Waals surface area contributed by atoms with Crippen LogP contribution in [0.3, 0.4) is 0 Å². The largest absolute Gasteiger partial charge is 0.488 e. The van der Waals surface area contributed by atoms with E-state index in [1.54, 1.807) is 18.2 Å². The summed E-state index contributed by atoms with van der Waals surface area (Å²) < 4.78 is 34.1. The molecule has 0 saturated carbocycles. The average Bonchev–Trinajstić information content (AvgIpc) is 2.96. The molecule has 1 heterocycles. The summed E-state index contributed by atoms with van der Waals surface area (Å²) in [6.07, 6.45) is 0.966. The summed E-state index contributed by atoms with van der Waals surface area (Å²) in [6.45, 7) is 6.03. The Bertz CT molecular complexity index is 1540. The van der Waals surface area contributed by atoms with Crippen molar-refractivity contribution in [2.24, 2.45) is 11.7 Å². The molecule has 1 saturated heterocycles. The predicted molar refractivity (Wildman–Crippen MR) is 160 cm³/mol. The Morgan fingerprint density at radius 1 is 0.976 bits per heavy atom. The molecule has 4 rings (SSSR count). The second-order valence-electron chi connectivity index (χ2n) is 11.5. The van der Waals surface area contributed by atoms with Crippen LogP contribution < -0.4 is 20.5 Å². The van der Waals surface area contributed by atoms with Gasteiger partial charge in [-0.2, -0.15) is 0 Å². The van der Waals surface area contributed by atoms with Gasteiger partial charge in [0.05, 0.1) is 17.5 Å². The molecule has 0 radical (unpaired) electrons. The van der Waals surface area contributed by atoms with Gasteiger partial charge in [-0.25, -0.2) is 13.1 Å². The maximum Gasteiger partial charge on any atom is 0.243 e. The number of hydrogen-bond acceptors (Lipinski definition) is 7. The van der Waals surface area contributed by atoms with E-state index in [9.17, 15) is 22.8 Å². The minimum absolute atomic E-state index is 0.109. The van der Waals surface area contributed by atoms with Crippen molar-refractivity contribution < 1.29 is 27.5 Å². The number of likely N-dealkylation sites (tertiary alicyclic amines) is 1. The Kier molecular flexibility index (Phi) is 9.65. The summed E-state index contributed by atoms with van der Waals surface area (Å²) in [7, 11) is -3.92. The molecule has 224 valence electrons. The fourth-order valence-electron chi connectivity index (χ4n) is 4.88. The molecular formula is C31H38N4O6S. The maximum atomic E-state index is 12.9. The number of nitrogens with zero attached hydrogens (tertiary/aromatic N) is 1. The molecule has 1 aliphatic heterocycles. The fourth-order valence-corrected chi connectivity index (χ4v) is 6.08. The number of ether oxygens (including phenoxy) is 1. The van der Waals surface area contributed by atoms with Gasteiger partial charge in [-0.05, 0) is 69.2 Å². The Morgan fingerprint density at radius 3 is 2.29 bits per heavy atom. The summed E-state index contributed by atoms with van der Waals surface area (Å²) in [5.41, 5.74) is 6.59. The molecule has 1 fully saturated rings. The molecule has 0 aliphatic carbocycles. The number of imide groups is 1. The molecule has 3 amide bonds. The monoisotopic (exact) mass is 594 g/mol. The minimum atomic E-state index is -3.92. The maximum absolute atomic E-state index is 12.9. The molecule has 0 spiro atoms. The van der Waals surface area contributed by atoms with Crippen LogP contribution in [0.1, 0.15) is 39.2 Å². The molecule has 10 nitrogen and oxygen atoms in total. The Morgan fingerprint density at radius 2 is 1.62 bits per heavy atom. The van der Waals surface area contributed by atoms with E-state index >= 15 is 0 Å². The Labute approximate surface area is 246 Å². The van der Waals surface area contributed by atoms with Gasteiger partial charge in [-0.1, -0.05) is 48.5 Å². The van der Waals surface area contributed by atoms with Crippen LogP contribution in [0.5, 0.6) is 5.75 Å². The number of fused-ring (bicyclic) bond motifs is 1. The zero-order valence-electron chi connectivity index (χ0n) is 24.1. The third kappa shape index (κ3) is 8.15. The third-order valence-electron chi connectivity index (χ3n) is 7.06. The Balaban J connectivity index is 1.22. The van der Waals surface area contributed by atoms with Crippen LogP contribution in [0.25, 0.3) is 10.8 Å². The van der Waals surface area contributed by atoms with Crippen molar-refractivity contribution in [2.45, 2.75) is 56.6 Å². The van der Waals surface area contributed by atoms with Gasteiger partial charge < -0.3 is 15.4 Å². The minimum Gasteiger partial charge on any atom is -0.488 e. The van der Waals surface area contributed by atoms with E-state index < -0.39 is 33.8 Å².